The molecule has 1 atom stereocenters. The zero-order chi connectivity index (χ0) is 18.2. The third-order valence-electron chi connectivity index (χ3n) is 4.12. The normalized spacial score (nSPS) is 17.7. The zero-order valence-corrected chi connectivity index (χ0v) is 12.9. The van der Waals surface area contributed by atoms with Gasteiger partial charge in [-0.1, -0.05) is 0 Å². The Labute approximate surface area is 138 Å². The number of amides is 1. The van der Waals surface area contributed by atoms with Crippen molar-refractivity contribution >= 4 is 5.91 Å². The van der Waals surface area contributed by atoms with Crippen LogP contribution in [0.25, 0.3) is 0 Å². The zero-order valence-electron chi connectivity index (χ0n) is 12.9. The fourth-order valence-corrected chi connectivity index (χ4v) is 2.86. The van der Waals surface area contributed by atoms with Crippen molar-refractivity contribution < 1.29 is 22.4 Å². The maximum atomic E-state index is 13.1. The minimum absolute atomic E-state index is 0.297. The molecular weight excluding hydrogens is 344 g/mol. The van der Waals surface area contributed by atoms with Gasteiger partial charge >= 0.3 is 11.9 Å². The highest BCUT2D eigenvalue weighted by Gasteiger charge is 2.36. The first-order valence-electron chi connectivity index (χ1n) is 7.57. The second kappa shape index (κ2) is 6.34. The van der Waals surface area contributed by atoms with Crippen LogP contribution in [0.4, 0.5) is 17.6 Å². The molecule has 1 amide bonds. The van der Waals surface area contributed by atoms with Crippen LogP contribution in [0, 0.1) is 5.82 Å². The van der Waals surface area contributed by atoms with Gasteiger partial charge in [-0.2, -0.15) is 18.3 Å². The molecule has 0 radical (unpaired) electrons. The van der Waals surface area contributed by atoms with Gasteiger partial charge in [-0.3, -0.25) is 9.36 Å². The number of H-pyrrole nitrogens is 1. The van der Waals surface area contributed by atoms with Gasteiger partial charge in [-0.15, -0.1) is 0 Å². The average molecular weight is 358 g/mol. The Morgan fingerprint density at radius 3 is 2.80 bits per heavy atom. The van der Waals surface area contributed by atoms with Crippen molar-refractivity contribution in [3.63, 3.8) is 0 Å². The molecule has 2 N–H and O–H groups in total. The second-order valence-corrected chi connectivity index (χ2v) is 5.78. The number of aromatic amines is 1. The number of nitrogens with one attached hydrogen (secondary N) is 2. The number of nitrogens with zero attached hydrogens (tertiary/aromatic N) is 2. The first-order chi connectivity index (χ1) is 11.8. The number of alkyl halides is 3. The first kappa shape index (κ1) is 17.2. The van der Waals surface area contributed by atoms with Crippen molar-refractivity contribution in [2.75, 3.05) is 0 Å². The summed E-state index contributed by atoms with van der Waals surface area (Å²) in [6.07, 6.45) is -3.63. The molecule has 2 heterocycles. The number of halogens is 4. The third kappa shape index (κ3) is 3.57. The summed E-state index contributed by atoms with van der Waals surface area (Å²) in [4.78, 5) is 23.8. The van der Waals surface area contributed by atoms with Gasteiger partial charge in [0.25, 0.3) is 5.91 Å². The van der Waals surface area contributed by atoms with E-state index < -0.39 is 35.1 Å². The molecule has 3 rings (SSSR count). The number of benzene rings is 1. The van der Waals surface area contributed by atoms with E-state index in [2.05, 4.69) is 15.5 Å². The third-order valence-corrected chi connectivity index (χ3v) is 4.12. The maximum Gasteiger partial charge on any atom is 0.417 e. The SMILES string of the molecule is O=C(NC1CCc2n[nH]c(=O)n2CC1)c1ccc(F)cc1C(F)(F)F. The average Bonchev–Trinajstić information content (AvgIpc) is 2.76. The molecule has 0 fully saturated rings. The lowest BCUT2D eigenvalue weighted by molar-refractivity contribution is -0.138. The van der Waals surface area contributed by atoms with Gasteiger partial charge in [0.15, 0.2) is 0 Å². The minimum Gasteiger partial charge on any atom is -0.349 e. The van der Waals surface area contributed by atoms with Gasteiger partial charge in [0.1, 0.15) is 11.6 Å². The highest BCUT2D eigenvalue weighted by atomic mass is 19.4. The van der Waals surface area contributed by atoms with Gasteiger partial charge in [-0.05, 0) is 31.0 Å². The predicted molar refractivity (Wildman–Crippen MR) is 78.4 cm³/mol. The molecule has 1 aromatic heterocycles. The Morgan fingerprint density at radius 1 is 1.32 bits per heavy atom. The number of rotatable bonds is 2. The van der Waals surface area contributed by atoms with Crippen LogP contribution in [-0.4, -0.2) is 26.7 Å². The van der Waals surface area contributed by atoms with E-state index >= 15 is 0 Å². The second-order valence-electron chi connectivity index (χ2n) is 5.78. The smallest absolute Gasteiger partial charge is 0.349 e. The summed E-state index contributed by atoms with van der Waals surface area (Å²) >= 11 is 0. The first-order valence-corrected chi connectivity index (χ1v) is 7.57. The van der Waals surface area contributed by atoms with Gasteiger partial charge in [0, 0.05) is 19.0 Å². The molecule has 1 aliphatic heterocycles. The molecule has 6 nitrogen and oxygen atoms in total. The number of carbonyl (C=O) groups excluding carboxylic acids is 1. The summed E-state index contributed by atoms with van der Waals surface area (Å²) in [5.41, 5.74) is -2.31. The number of fused-ring (bicyclic) bond motifs is 1. The van der Waals surface area contributed by atoms with E-state index in [4.69, 9.17) is 0 Å². The fourth-order valence-electron chi connectivity index (χ4n) is 2.86. The molecule has 25 heavy (non-hydrogen) atoms. The lowest BCUT2D eigenvalue weighted by Crippen LogP contribution is -2.36. The van der Waals surface area contributed by atoms with Crippen LogP contribution in [-0.2, 0) is 19.1 Å². The summed E-state index contributed by atoms with van der Waals surface area (Å²) in [7, 11) is 0. The van der Waals surface area contributed by atoms with Crippen molar-refractivity contribution in [3.05, 3.63) is 51.5 Å². The van der Waals surface area contributed by atoms with Gasteiger partial charge in [-0.25, -0.2) is 14.3 Å². The number of aromatic nitrogens is 3. The van der Waals surface area contributed by atoms with Crippen molar-refractivity contribution in [2.24, 2.45) is 0 Å². The molecule has 1 unspecified atom stereocenters. The molecule has 10 heteroatoms. The minimum atomic E-state index is -4.84. The topological polar surface area (TPSA) is 79.8 Å². The standard InChI is InChI=1S/C15H14F4N4O2/c16-8-1-3-10(11(7-8)15(17,18)19)13(24)20-9-2-4-12-21-22-14(25)23(12)6-5-9/h1,3,7,9H,2,4-6H2,(H,20,24)(H,22,25). The summed E-state index contributed by atoms with van der Waals surface area (Å²) in [5.74, 6) is -1.45. The fraction of sp³-hybridized carbons (Fsp3) is 0.400. The predicted octanol–water partition coefficient (Wildman–Crippen LogP) is 1.86. The molecule has 0 saturated carbocycles. The Morgan fingerprint density at radius 2 is 2.08 bits per heavy atom. The molecule has 1 aliphatic rings. The molecule has 0 aliphatic carbocycles. The van der Waals surface area contributed by atoms with Gasteiger partial charge in [0.05, 0.1) is 11.1 Å². The molecule has 134 valence electrons. The lowest BCUT2D eigenvalue weighted by atomic mass is 10.0. The molecule has 0 spiro atoms. The van der Waals surface area contributed by atoms with E-state index in [9.17, 15) is 27.2 Å². The van der Waals surface area contributed by atoms with Crippen molar-refractivity contribution in [3.8, 4) is 0 Å². The van der Waals surface area contributed by atoms with Gasteiger partial charge in [0.2, 0.25) is 0 Å². The van der Waals surface area contributed by atoms with Crippen LogP contribution < -0.4 is 11.0 Å². The van der Waals surface area contributed by atoms with E-state index in [0.717, 1.165) is 12.1 Å². The maximum absolute atomic E-state index is 13.1. The highest BCUT2D eigenvalue weighted by molar-refractivity contribution is 5.96. The summed E-state index contributed by atoms with van der Waals surface area (Å²) in [6.45, 7) is 0.297. The summed E-state index contributed by atoms with van der Waals surface area (Å²) in [6, 6.07) is 1.52. The van der Waals surface area contributed by atoms with Crippen LogP contribution in [0.2, 0.25) is 0 Å². The van der Waals surface area contributed by atoms with Crippen LogP contribution in [0.1, 0.15) is 34.6 Å². The monoisotopic (exact) mass is 358 g/mol. The number of carbonyl (C=O) groups is 1. The van der Waals surface area contributed by atoms with Crippen molar-refractivity contribution in [1.29, 1.82) is 0 Å². The Hall–Kier alpha value is -2.65. The van der Waals surface area contributed by atoms with Crippen molar-refractivity contribution in [1.82, 2.24) is 20.1 Å². The largest absolute Gasteiger partial charge is 0.417 e. The Kier molecular flexibility index (Phi) is 4.36. The van der Waals surface area contributed by atoms with Crippen LogP contribution in [0.3, 0.4) is 0 Å². The van der Waals surface area contributed by atoms with E-state index in [1.165, 1.54) is 4.57 Å². The number of hydrogen-bond donors (Lipinski definition) is 2. The number of aryl methyl sites for hydroxylation is 1. The van der Waals surface area contributed by atoms with E-state index in [0.29, 0.717) is 37.7 Å². The van der Waals surface area contributed by atoms with E-state index in [-0.39, 0.29) is 5.69 Å². The van der Waals surface area contributed by atoms with Crippen LogP contribution >= 0.6 is 0 Å². The van der Waals surface area contributed by atoms with Gasteiger partial charge < -0.3 is 5.32 Å². The Bertz CT molecular complexity index is 856. The van der Waals surface area contributed by atoms with E-state index in [1.807, 2.05) is 0 Å². The lowest BCUT2D eigenvalue weighted by Gasteiger charge is -2.18. The summed E-state index contributed by atoms with van der Waals surface area (Å²) in [5, 5.41) is 8.73. The van der Waals surface area contributed by atoms with Crippen LogP contribution in [0.5, 0.6) is 0 Å². The quantitative estimate of drug-likeness (QED) is 0.805. The molecule has 1 aromatic carbocycles. The highest BCUT2D eigenvalue weighted by Crippen LogP contribution is 2.32. The van der Waals surface area contributed by atoms with Crippen LogP contribution in [0.15, 0.2) is 23.0 Å². The number of hydrogen-bond acceptors (Lipinski definition) is 3. The summed E-state index contributed by atoms with van der Waals surface area (Å²) < 4.78 is 53.6. The molecule has 2 aromatic rings. The molecule has 0 saturated heterocycles. The van der Waals surface area contributed by atoms with Crippen molar-refractivity contribution in [2.45, 2.75) is 38.0 Å². The Balaban J connectivity index is 1.76. The van der Waals surface area contributed by atoms with E-state index in [1.54, 1.807) is 0 Å². The molecular formula is C15H14F4N4O2. The molecule has 0 bridgehead atoms.